The molecule has 39 heavy (non-hydrogen) atoms. The van der Waals surface area contributed by atoms with E-state index in [1.807, 2.05) is 86.3 Å². The third-order valence-corrected chi connectivity index (χ3v) is 8.27. The van der Waals surface area contributed by atoms with Crippen LogP contribution in [0.3, 0.4) is 0 Å². The molecule has 0 aliphatic carbocycles. The number of rotatable bonds is 8. The van der Waals surface area contributed by atoms with E-state index in [9.17, 15) is 19.8 Å². The van der Waals surface area contributed by atoms with E-state index in [0.29, 0.717) is 18.4 Å². The molecule has 1 aliphatic rings. The Morgan fingerprint density at radius 3 is 1.90 bits per heavy atom. The molecular formula is C31H34Cl2N2O4. The molecule has 0 spiro atoms. The number of carboxylic acid groups (broad SMARTS) is 1. The first kappa shape index (κ1) is 29.1. The molecule has 6 nitrogen and oxygen atoms in total. The van der Waals surface area contributed by atoms with Crippen molar-refractivity contribution in [2.24, 2.45) is 5.41 Å². The third kappa shape index (κ3) is 5.44. The molecule has 4 rings (SSSR count). The monoisotopic (exact) mass is 568 g/mol. The van der Waals surface area contributed by atoms with Crippen molar-refractivity contribution in [2.45, 2.75) is 57.8 Å². The van der Waals surface area contributed by atoms with Crippen molar-refractivity contribution >= 4 is 35.2 Å². The minimum atomic E-state index is -1.60. The molecule has 2 amide bonds. The third-order valence-electron chi connectivity index (χ3n) is 7.61. The van der Waals surface area contributed by atoms with Gasteiger partial charge in [0, 0.05) is 27.6 Å². The maximum atomic E-state index is 14.2. The number of carbonyl (C=O) groups excluding carboxylic acids is 1. The van der Waals surface area contributed by atoms with Crippen molar-refractivity contribution in [1.29, 1.82) is 0 Å². The predicted octanol–water partition coefficient (Wildman–Crippen LogP) is 6.84. The molecule has 3 aromatic rings. The molecule has 0 bridgehead atoms. The fourth-order valence-corrected chi connectivity index (χ4v) is 6.59. The number of nitrogens with zero attached hydrogens (tertiary/aromatic N) is 2. The molecular weight excluding hydrogens is 535 g/mol. The molecule has 1 heterocycles. The molecule has 3 aromatic carbocycles. The minimum absolute atomic E-state index is 0.239. The smallest absolute Gasteiger partial charge is 0.415 e. The van der Waals surface area contributed by atoms with E-state index >= 15 is 0 Å². The Kier molecular flexibility index (Phi) is 8.72. The van der Waals surface area contributed by atoms with Gasteiger partial charge in [-0.25, -0.2) is 9.69 Å². The molecule has 3 atom stereocenters. The van der Waals surface area contributed by atoms with Crippen molar-refractivity contribution in [3.05, 3.63) is 106 Å². The van der Waals surface area contributed by atoms with E-state index < -0.39 is 35.2 Å². The standard InChI is InChI=1S/C31H34Cl2N2O4/c1-30(2,3)31(25(36)18-17-21-11-6-4-7-12-21)34(20-19-22-13-8-5-9-14-22)27(28(37)35(31)29(38)39)26-23(32)15-10-16-24(26)33/h4-16,25,27,36H,17-20H2,1-3H3,(H,38,39)/t25-,27+,31+/m0/s1. The molecule has 0 saturated carbocycles. The molecule has 1 fully saturated rings. The summed E-state index contributed by atoms with van der Waals surface area (Å²) in [5.41, 5.74) is -0.132. The second-order valence-corrected chi connectivity index (χ2v) is 11.8. The highest BCUT2D eigenvalue weighted by Crippen LogP contribution is 2.54. The van der Waals surface area contributed by atoms with Crippen LogP contribution in [0.2, 0.25) is 10.0 Å². The van der Waals surface area contributed by atoms with Gasteiger partial charge in [0.1, 0.15) is 11.7 Å². The fraction of sp³-hybridized carbons (Fsp3) is 0.355. The first-order valence-corrected chi connectivity index (χ1v) is 13.8. The number of aliphatic hydroxyl groups is 1. The second kappa shape index (κ2) is 11.7. The van der Waals surface area contributed by atoms with E-state index in [4.69, 9.17) is 23.2 Å². The van der Waals surface area contributed by atoms with Crippen LogP contribution in [0.1, 0.15) is 49.9 Å². The normalized spacial score (nSPS) is 20.8. The van der Waals surface area contributed by atoms with Crippen LogP contribution >= 0.6 is 23.2 Å². The molecule has 8 heteroatoms. The number of carbonyl (C=O) groups is 2. The number of aliphatic hydroxyl groups excluding tert-OH is 1. The zero-order valence-corrected chi connectivity index (χ0v) is 23.9. The van der Waals surface area contributed by atoms with Gasteiger partial charge in [0.2, 0.25) is 0 Å². The lowest BCUT2D eigenvalue weighted by molar-refractivity contribution is -0.158. The molecule has 0 unspecified atom stereocenters. The topological polar surface area (TPSA) is 81.1 Å². The summed E-state index contributed by atoms with van der Waals surface area (Å²) < 4.78 is 0. The quantitative estimate of drug-likeness (QED) is 0.311. The lowest BCUT2D eigenvalue weighted by Gasteiger charge is -2.53. The van der Waals surface area contributed by atoms with Crippen molar-refractivity contribution in [1.82, 2.24) is 9.80 Å². The summed E-state index contributed by atoms with van der Waals surface area (Å²) in [6, 6.07) is 23.3. The SMILES string of the molecule is CC(C)(C)[C@@]1([C@@H](O)CCc2ccccc2)N(C(=O)O)C(=O)[C@@H](c2c(Cl)cccc2Cl)N1CCc1ccccc1. The van der Waals surface area contributed by atoms with Crippen LogP contribution < -0.4 is 0 Å². The maximum Gasteiger partial charge on any atom is 0.415 e. The summed E-state index contributed by atoms with van der Waals surface area (Å²) >= 11 is 13.2. The van der Waals surface area contributed by atoms with Crippen LogP contribution in [0, 0.1) is 5.41 Å². The van der Waals surface area contributed by atoms with Crippen LogP contribution in [-0.2, 0) is 17.6 Å². The van der Waals surface area contributed by atoms with Crippen LogP contribution in [0.25, 0.3) is 0 Å². The Bertz CT molecular complexity index is 1290. The number of halogens is 2. The Labute approximate surface area is 239 Å². The van der Waals surface area contributed by atoms with Gasteiger partial charge in [0.05, 0.1) is 6.10 Å². The first-order valence-electron chi connectivity index (χ1n) is 13.0. The van der Waals surface area contributed by atoms with Gasteiger partial charge in [0.15, 0.2) is 0 Å². The van der Waals surface area contributed by atoms with Crippen molar-refractivity contribution in [3.8, 4) is 0 Å². The largest absolute Gasteiger partial charge is 0.465 e. The molecule has 0 aromatic heterocycles. The van der Waals surface area contributed by atoms with Gasteiger partial charge in [0.25, 0.3) is 5.91 Å². The van der Waals surface area contributed by atoms with Gasteiger partial charge in [-0.3, -0.25) is 9.69 Å². The number of hydrogen-bond acceptors (Lipinski definition) is 4. The fourth-order valence-electron chi connectivity index (χ4n) is 5.99. The average molecular weight is 570 g/mol. The highest BCUT2D eigenvalue weighted by atomic mass is 35.5. The maximum absolute atomic E-state index is 14.2. The first-order chi connectivity index (χ1) is 18.5. The van der Waals surface area contributed by atoms with Gasteiger partial charge >= 0.3 is 6.09 Å². The molecule has 206 valence electrons. The highest BCUT2D eigenvalue weighted by Gasteiger charge is 2.68. The molecule has 2 N–H and O–H groups in total. The minimum Gasteiger partial charge on any atom is -0.465 e. The number of benzene rings is 3. The molecule has 1 saturated heterocycles. The zero-order valence-electron chi connectivity index (χ0n) is 22.3. The number of imide groups is 1. The average Bonchev–Trinajstić information content (AvgIpc) is 3.16. The van der Waals surface area contributed by atoms with Gasteiger partial charge in [-0.2, -0.15) is 0 Å². The number of amides is 2. The zero-order chi connectivity index (χ0) is 28.4. The van der Waals surface area contributed by atoms with Gasteiger partial charge in [-0.05, 0) is 42.5 Å². The summed E-state index contributed by atoms with van der Waals surface area (Å²) in [6.45, 7) is 5.85. The van der Waals surface area contributed by atoms with Crippen molar-refractivity contribution in [3.63, 3.8) is 0 Å². The van der Waals surface area contributed by atoms with E-state index in [2.05, 4.69) is 0 Å². The van der Waals surface area contributed by atoms with Crippen LogP contribution in [0.15, 0.2) is 78.9 Å². The highest BCUT2D eigenvalue weighted by molar-refractivity contribution is 6.36. The van der Waals surface area contributed by atoms with Crippen LogP contribution in [-0.4, -0.2) is 50.3 Å². The molecule has 1 aliphatic heterocycles. The van der Waals surface area contributed by atoms with E-state index in [1.54, 1.807) is 18.2 Å². The Balaban J connectivity index is 1.90. The Hall–Kier alpha value is -2.90. The number of hydrogen-bond donors (Lipinski definition) is 2. The summed E-state index contributed by atoms with van der Waals surface area (Å²) in [6.07, 6.45) is -1.37. The summed E-state index contributed by atoms with van der Waals surface area (Å²) in [7, 11) is 0. The van der Waals surface area contributed by atoms with Crippen molar-refractivity contribution in [2.75, 3.05) is 6.54 Å². The summed E-state index contributed by atoms with van der Waals surface area (Å²) in [4.78, 5) is 29.8. The lowest BCUT2D eigenvalue weighted by Crippen LogP contribution is -2.70. The number of aryl methyl sites for hydroxylation is 1. The molecule has 0 radical (unpaired) electrons. The summed E-state index contributed by atoms with van der Waals surface area (Å²) in [5, 5.41) is 23.1. The van der Waals surface area contributed by atoms with Crippen LogP contribution in [0.5, 0.6) is 0 Å². The lowest BCUT2D eigenvalue weighted by atomic mass is 9.73. The van der Waals surface area contributed by atoms with Gasteiger partial charge in [-0.1, -0.05) is 111 Å². The summed E-state index contributed by atoms with van der Waals surface area (Å²) in [5.74, 6) is -0.681. The van der Waals surface area contributed by atoms with E-state index in [-0.39, 0.29) is 23.0 Å². The van der Waals surface area contributed by atoms with E-state index in [1.165, 1.54) is 0 Å². The Morgan fingerprint density at radius 1 is 0.897 bits per heavy atom. The van der Waals surface area contributed by atoms with Gasteiger partial charge < -0.3 is 10.2 Å². The Morgan fingerprint density at radius 2 is 1.41 bits per heavy atom. The predicted molar refractivity (Wildman–Crippen MR) is 154 cm³/mol. The van der Waals surface area contributed by atoms with Crippen LogP contribution in [0.4, 0.5) is 4.79 Å². The van der Waals surface area contributed by atoms with Gasteiger partial charge in [-0.15, -0.1) is 0 Å². The van der Waals surface area contributed by atoms with Crippen molar-refractivity contribution < 1.29 is 19.8 Å². The second-order valence-electron chi connectivity index (χ2n) is 10.9. The van der Waals surface area contributed by atoms with E-state index in [0.717, 1.165) is 16.0 Å².